The van der Waals surface area contributed by atoms with E-state index in [1.807, 2.05) is 0 Å². The highest BCUT2D eigenvalue weighted by Crippen LogP contribution is 2.38. The van der Waals surface area contributed by atoms with Crippen molar-refractivity contribution in [3.05, 3.63) is 0 Å². The summed E-state index contributed by atoms with van der Waals surface area (Å²) in [6, 6.07) is 0. The number of rotatable bonds is 3. The van der Waals surface area contributed by atoms with Crippen LogP contribution in [0.5, 0.6) is 0 Å². The third-order valence-electron chi connectivity index (χ3n) is 1.91. The van der Waals surface area contributed by atoms with Gasteiger partial charge in [-0.2, -0.15) is 0 Å². The zero-order chi connectivity index (χ0) is 8.41. The summed E-state index contributed by atoms with van der Waals surface area (Å²) in [5.41, 5.74) is -0.977. The molecule has 0 unspecified atom stereocenters. The summed E-state index contributed by atoms with van der Waals surface area (Å²) >= 11 is 5.36. The average Bonchev–Trinajstić information content (AvgIpc) is 1.61. The van der Waals surface area contributed by atoms with Crippen LogP contribution in [-0.2, 0) is 0 Å². The summed E-state index contributed by atoms with van der Waals surface area (Å²) in [6.07, 6.45) is 0.345. The van der Waals surface area contributed by atoms with Crippen molar-refractivity contribution in [2.75, 3.05) is 5.88 Å². The van der Waals surface area contributed by atoms with Crippen molar-refractivity contribution >= 4 is 11.6 Å². The van der Waals surface area contributed by atoms with Gasteiger partial charge >= 0.3 is 0 Å². The van der Waals surface area contributed by atoms with Crippen LogP contribution in [0, 0.1) is 5.41 Å². The molecule has 0 aromatic rings. The smallest absolute Gasteiger partial charge is 0.207 e. The molecule has 0 spiro atoms. The molecule has 0 aromatic carbocycles. The summed E-state index contributed by atoms with van der Waals surface area (Å²) in [5.74, 6) is -2.35. The van der Waals surface area contributed by atoms with E-state index in [0.29, 0.717) is 6.42 Å². The van der Waals surface area contributed by atoms with Crippen molar-refractivity contribution in [3.63, 3.8) is 0 Å². The van der Waals surface area contributed by atoms with Gasteiger partial charge < -0.3 is 0 Å². The minimum absolute atomic E-state index is 0.288. The van der Waals surface area contributed by atoms with Crippen molar-refractivity contribution in [2.45, 2.75) is 33.1 Å². The topological polar surface area (TPSA) is 0 Å². The molecule has 0 radical (unpaired) electrons. The van der Waals surface area contributed by atoms with E-state index in [1.54, 1.807) is 0 Å². The first kappa shape index (κ1) is 10.2. The van der Waals surface area contributed by atoms with Gasteiger partial charge in [-0.25, -0.2) is 8.78 Å². The average molecular weight is 171 g/mol. The molecule has 0 nitrogen and oxygen atoms in total. The Balaban J connectivity index is 4.10. The van der Waals surface area contributed by atoms with Gasteiger partial charge in [0.2, 0.25) is 5.92 Å². The van der Waals surface area contributed by atoms with Crippen molar-refractivity contribution in [1.29, 1.82) is 0 Å². The number of alkyl halides is 3. The van der Waals surface area contributed by atoms with Gasteiger partial charge in [-0.15, -0.1) is 11.6 Å². The third-order valence-corrected chi connectivity index (χ3v) is 2.10. The quantitative estimate of drug-likeness (QED) is 0.571. The Morgan fingerprint density at radius 2 is 1.60 bits per heavy atom. The Kier molecular flexibility index (Phi) is 3.08. The second-order valence-corrected chi connectivity index (χ2v) is 3.59. The highest BCUT2D eigenvalue weighted by Gasteiger charge is 2.40. The molecular formula is C7H13ClF2. The minimum atomic E-state index is -2.64. The maximum atomic E-state index is 12.6. The zero-order valence-corrected chi connectivity index (χ0v) is 7.30. The molecule has 0 saturated carbocycles. The van der Waals surface area contributed by atoms with Crippen LogP contribution in [0.3, 0.4) is 0 Å². The summed E-state index contributed by atoms with van der Waals surface area (Å²) in [5, 5.41) is 0. The standard InChI is InChI=1S/C7H13ClF2/c1-6(2,4-5-8)7(3,9)10/h4-5H2,1-3H3. The van der Waals surface area contributed by atoms with E-state index in [0.717, 1.165) is 6.92 Å². The fourth-order valence-corrected chi connectivity index (χ4v) is 0.928. The fraction of sp³-hybridized carbons (Fsp3) is 1.00. The highest BCUT2D eigenvalue weighted by atomic mass is 35.5. The SMILES string of the molecule is CC(F)(F)C(C)(C)CCCl. The molecule has 0 aliphatic heterocycles. The molecule has 0 bridgehead atoms. The molecule has 0 aliphatic rings. The Morgan fingerprint density at radius 3 is 1.70 bits per heavy atom. The van der Waals surface area contributed by atoms with E-state index in [9.17, 15) is 8.78 Å². The van der Waals surface area contributed by atoms with Crippen LogP contribution in [0.15, 0.2) is 0 Å². The molecule has 10 heavy (non-hydrogen) atoms. The van der Waals surface area contributed by atoms with Gasteiger partial charge in [-0.1, -0.05) is 13.8 Å². The molecule has 0 atom stereocenters. The molecular weight excluding hydrogens is 158 g/mol. The van der Waals surface area contributed by atoms with E-state index in [2.05, 4.69) is 0 Å². The molecule has 0 aliphatic carbocycles. The number of hydrogen-bond donors (Lipinski definition) is 0. The van der Waals surface area contributed by atoms with E-state index in [4.69, 9.17) is 11.6 Å². The van der Waals surface area contributed by atoms with Crippen LogP contribution >= 0.6 is 11.6 Å². The van der Waals surface area contributed by atoms with Crippen LogP contribution in [0.25, 0.3) is 0 Å². The molecule has 0 aromatic heterocycles. The first-order chi connectivity index (χ1) is 4.31. The predicted molar refractivity (Wildman–Crippen MR) is 39.7 cm³/mol. The summed E-state index contributed by atoms with van der Waals surface area (Å²) in [6.45, 7) is 3.98. The predicted octanol–water partition coefficient (Wildman–Crippen LogP) is 3.30. The van der Waals surface area contributed by atoms with Gasteiger partial charge in [-0.05, 0) is 13.3 Å². The lowest BCUT2D eigenvalue weighted by molar-refractivity contribution is -0.0894. The normalized spacial score (nSPS) is 13.8. The molecule has 0 N–H and O–H groups in total. The van der Waals surface area contributed by atoms with E-state index in [-0.39, 0.29) is 5.88 Å². The summed E-state index contributed by atoms with van der Waals surface area (Å²) in [7, 11) is 0. The van der Waals surface area contributed by atoms with Gasteiger partial charge in [0.05, 0.1) is 0 Å². The Bertz CT molecular complexity index is 105. The Morgan fingerprint density at radius 1 is 1.20 bits per heavy atom. The van der Waals surface area contributed by atoms with Crippen molar-refractivity contribution in [1.82, 2.24) is 0 Å². The van der Waals surface area contributed by atoms with Gasteiger partial charge in [-0.3, -0.25) is 0 Å². The maximum absolute atomic E-state index is 12.6. The van der Waals surface area contributed by atoms with E-state index < -0.39 is 11.3 Å². The van der Waals surface area contributed by atoms with Gasteiger partial charge in [0, 0.05) is 11.3 Å². The Labute approximate surface area is 65.6 Å². The largest absolute Gasteiger partial charge is 0.250 e. The lowest BCUT2D eigenvalue weighted by Gasteiger charge is -2.30. The van der Waals surface area contributed by atoms with Crippen LogP contribution in [0.1, 0.15) is 27.2 Å². The highest BCUT2D eigenvalue weighted by molar-refractivity contribution is 6.17. The second-order valence-electron chi connectivity index (χ2n) is 3.21. The number of hydrogen-bond acceptors (Lipinski definition) is 0. The first-order valence-electron chi connectivity index (χ1n) is 3.25. The molecule has 0 rings (SSSR count). The van der Waals surface area contributed by atoms with Gasteiger partial charge in [0.1, 0.15) is 0 Å². The van der Waals surface area contributed by atoms with Gasteiger partial charge in [0.25, 0.3) is 0 Å². The van der Waals surface area contributed by atoms with Crippen molar-refractivity contribution in [2.24, 2.45) is 5.41 Å². The summed E-state index contributed by atoms with van der Waals surface area (Å²) < 4.78 is 25.3. The maximum Gasteiger partial charge on any atom is 0.250 e. The monoisotopic (exact) mass is 170 g/mol. The van der Waals surface area contributed by atoms with Crippen LogP contribution in [-0.4, -0.2) is 11.8 Å². The molecule has 0 heterocycles. The molecule has 0 saturated heterocycles. The molecule has 0 fully saturated rings. The van der Waals surface area contributed by atoms with E-state index in [1.165, 1.54) is 13.8 Å². The third kappa shape index (κ3) is 2.41. The van der Waals surface area contributed by atoms with Crippen molar-refractivity contribution in [3.8, 4) is 0 Å². The van der Waals surface area contributed by atoms with Crippen molar-refractivity contribution < 1.29 is 8.78 Å². The first-order valence-corrected chi connectivity index (χ1v) is 3.78. The lowest BCUT2D eigenvalue weighted by atomic mass is 9.84. The summed E-state index contributed by atoms with van der Waals surface area (Å²) in [4.78, 5) is 0. The van der Waals surface area contributed by atoms with Crippen LogP contribution in [0.4, 0.5) is 8.78 Å². The van der Waals surface area contributed by atoms with E-state index >= 15 is 0 Å². The Hall–Kier alpha value is 0.150. The molecule has 0 amide bonds. The lowest BCUT2D eigenvalue weighted by Crippen LogP contribution is -2.33. The zero-order valence-electron chi connectivity index (χ0n) is 6.55. The van der Waals surface area contributed by atoms with Gasteiger partial charge in [0.15, 0.2) is 0 Å². The number of halogens is 3. The second kappa shape index (κ2) is 3.04. The minimum Gasteiger partial charge on any atom is -0.207 e. The molecule has 62 valence electrons. The van der Waals surface area contributed by atoms with Crippen LogP contribution < -0.4 is 0 Å². The molecule has 3 heteroatoms. The van der Waals surface area contributed by atoms with Crippen LogP contribution in [0.2, 0.25) is 0 Å². The fourth-order valence-electron chi connectivity index (χ4n) is 0.456.